The van der Waals surface area contributed by atoms with Gasteiger partial charge in [-0.2, -0.15) is 5.10 Å². The van der Waals surface area contributed by atoms with Crippen LogP contribution in [0, 0.1) is 0 Å². The molecule has 0 fully saturated rings. The summed E-state index contributed by atoms with van der Waals surface area (Å²) in [5.41, 5.74) is 0.851. The molecule has 0 saturated carbocycles. The lowest BCUT2D eigenvalue weighted by Gasteiger charge is -2.25. The van der Waals surface area contributed by atoms with Crippen LogP contribution in [0.4, 0.5) is 0 Å². The Morgan fingerprint density at radius 1 is 0.878 bits per heavy atom. The number of amides is 1. The average molecular weight is 562 g/mol. The van der Waals surface area contributed by atoms with Crippen molar-refractivity contribution in [1.82, 2.24) is 15.1 Å². The molecule has 1 amide bonds. The van der Waals surface area contributed by atoms with Gasteiger partial charge in [-0.1, -0.05) is 60.7 Å². The van der Waals surface area contributed by atoms with Gasteiger partial charge >= 0.3 is 11.9 Å². The van der Waals surface area contributed by atoms with E-state index in [1.54, 1.807) is 47.6 Å². The van der Waals surface area contributed by atoms with Gasteiger partial charge in [-0.05, 0) is 59.6 Å². The molecule has 0 saturated heterocycles. The highest BCUT2D eigenvalue weighted by atomic mass is 16.6. The molecule has 0 aliphatic carbocycles. The molecule has 1 heterocycles. The first-order valence-corrected chi connectivity index (χ1v) is 13.6. The van der Waals surface area contributed by atoms with Gasteiger partial charge in [0.25, 0.3) is 5.56 Å². The van der Waals surface area contributed by atoms with Crippen LogP contribution in [0.15, 0.2) is 71.5 Å². The van der Waals surface area contributed by atoms with Crippen LogP contribution < -0.4 is 10.9 Å². The van der Waals surface area contributed by atoms with Gasteiger partial charge in [0.1, 0.15) is 23.8 Å². The average Bonchev–Trinajstić information content (AvgIpc) is 2.88. The lowest BCUT2D eigenvalue weighted by molar-refractivity contribution is -0.160. The van der Waals surface area contributed by atoms with Crippen LogP contribution in [0.3, 0.4) is 0 Å². The van der Waals surface area contributed by atoms with Gasteiger partial charge in [0, 0.05) is 24.0 Å². The number of rotatable bonds is 10. The van der Waals surface area contributed by atoms with Crippen molar-refractivity contribution in [1.29, 1.82) is 0 Å². The van der Waals surface area contributed by atoms with E-state index in [-0.39, 0.29) is 12.8 Å². The summed E-state index contributed by atoms with van der Waals surface area (Å²) in [6.07, 6.45) is 0.228. The maximum absolute atomic E-state index is 13.4. The second kappa shape index (κ2) is 13.4. The number of esters is 2. The number of nitrogens with zero attached hydrogens (tertiary/aromatic N) is 2. The molecule has 3 rings (SSSR count). The molecule has 2 aromatic carbocycles. The van der Waals surface area contributed by atoms with Crippen LogP contribution in [-0.4, -0.2) is 44.9 Å². The first-order chi connectivity index (χ1) is 19.2. The van der Waals surface area contributed by atoms with E-state index < -0.39 is 47.2 Å². The van der Waals surface area contributed by atoms with Crippen LogP contribution in [0.5, 0.6) is 0 Å². The smallest absolute Gasteiger partial charge is 0.329 e. The third-order valence-corrected chi connectivity index (χ3v) is 5.73. The third-order valence-electron chi connectivity index (χ3n) is 5.73. The van der Waals surface area contributed by atoms with E-state index >= 15 is 0 Å². The van der Waals surface area contributed by atoms with Crippen molar-refractivity contribution in [2.75, 3.05) is 0 Å². The minimum Gasteiger partial charge on any atom is -0.460 e. The number of aromatic nitrogens is 2. The molecule has 1 atom stereocenters. The Balaban J connectivity index is 1.86. The van der Waals surface area contributed by atoms with Crippen LogP contribution in [-0.2, 0) is 36.8 Å². The summed E-state index contributed by atoms with van der Waals surface area (Å²) in [6.45, 7) is 9.96. The van der Waals surface area contributed by atoms with Gasteiger partial charge in [-0.15, -0.1) is 0 Å². The molecule has 9 nitrogen and oxygen atoms in total. The Morgan fingerprint density at radius 2 is 1.46 bits per heavy atom. The van der Waals surface area contributed by atoms with Gasteiger partial charge in [0.2, 0.25) is 5.91 Å². The number of hydrogen-bond acceptors (Lipinski definition) is 7. The van der Waals surface area contributed by atoms with Crippen LogP contribution in [0.25, 0.3) is 11.3 Å². The van der Waals surface area contributed by atoms with Crippen molar-refractivity contribution >= 4 is 17.8 Å². The third kappa shape index (κ3) is 10.3. The molecular formula is C32H39N3O6. The van der Waals surface area contributed by atoms with Crippen molar-refractivity contribution in [2.24, 2.45) is 0 Å². The summed E-state index contributed by atoms with van der Waals surface area (Å²) >= 11 is 0. The first-order valence-electron chi connectivity index (χ1n) is 13.6. The summed E-state index contributed by atoms with van der Waals surface area (Å²) in [7, 11) is 0. The fraction of sp³-hybridized carbons (Fsp3) is 0.406. The molecule has 0 radical (unpaired) electrons. The zero-order chi connectivity index (χ0) is 30.2. The monoisotopic (exact) mass is 561 g/mol. The van der Waals surface area contributed by atoms with Gasteiger partial charge < -0.3 is 14.8 Å². The molecular weight excluding hydrogens is 522 g/mol. The standard InChI is InChI=1S/C32H39N3O6/c1-31(2,3)40-28(37)18-17-25(30(39)41-32(4,5)6)33-27(36)21-35-29(38)24(19-22-13-9-7-10-14-22)20-26(34-35)23-15-11-8-12-16-23/h7-16,20,25H,17-19,21H2,1-6H3,(H,33,36)/t25-/m0/s1. The Labute approximate surface area is 240 Å². The van der Waals surface area contributed by atoms with E-state index in [4.69, 9.17) is 9.47 Å². The van der Waals surface area contributed by atoms with Gasteiger partial charge in [-0.25, -0.2) is 9.48 Å². The maximum Gasteiger partial charge on any atom is 0.329 e. The van der Waals surface area contributed by atoms with Crippen molar-refractivity contribution in [3.63, 3.8) is 0 Å². The highest BCUT2D eigenvalue weighted by Gasteiger charge is 2.28. The fourth-order valence-electron chi connectivity index (χ4n) is 4.05. The molecule has 41 heavy (non-hydrogen) atoms. The summed E-state index contributed by atoms with van der Waals surface area (Å²) in [5, 5.41) is 7.10. The van der Waals surface area contributed by atoms with Crippen molar-refractivity contribution in [3.8, 4) is 11.3 Å². The maximum atomic E-state index is 13.4. The molecule has 0 bridgehead atoms. The Kier molecular flexibility index (Phi) is 10.2. The van der Waals surface area contributed by atoms with Gasteiger partial charge in [0.05, 0.1) is 5.69 Å². The minimum absolute atomic E-state index is 0.0266. The summed E-state index contributed by atoms with van der Waals surface area (Å²) in [6, 6.07) is 19.5. The number of ether oxygens (including phenoxy) is 2. The number of carbonyl (C=O) groups is 3. The van der Waals surface area contributed by atoms with Gasteiger partial charge in [0.15, 0.2) is 0 Å². The quantitative estimate of drug-likeness (QED) is 0.364. The van der Waals surface area contributed by atoms with Crippen molar-refractivity contribution < 1.29 is 23.9 Å². The second-order valence-corrected chi connectivity index (χ2v) is 11.8. The number of hydrogen-bond donors (Lipinski definition) is 1. The number of benzene rings is 2. The molecule has 3 aromatic rings. The van der Waals surface area contributed by atoms with E-state index in [0.717, 1.165) is 15.8 Å². The molecule has 1 aromatic heterocycles. The predicted molar refractivity (Wildman–Crippen MR) is 156 cm³/mol. The van der Waals surface area contributed by atoms with Crippen LogP contribution in [0.1, 0.15) is 65.5 Å². The summed E-state index contributed by atoms with van der Waals surface area (Å²) in [5.74, 6) is -1.80. The molecule has 0 unspecified atom stereocenters. The molecule has 0 aliphatic rings. The van der Waals surface area contributed by atoms with E-state index in [1.165, 1.54) is 0 Å². The van der Waals surface area contributed by atoms with Crippen LogP contribution in [0.2, 0.25) is 0 Å². The molecule has 0 aliphatic heterocycles. The lowest BCUT2D eigenvalue weighted by Crippen LogP contribution is -2.46. The fourth-order valence-corrected chi connectivity index (χ4v) is 4.05. The topological polar surface area (TPSA) is 117 Å². The lowest BCUT2D eigenvalue weighted by atomic mass is 10.0. The number of nitrogens with one attached hydrogen (secondary N) is 1. The van der Waals surface area contributed by atoms with Crippen LogP contribution >= 0.6 is 0 Å². The second-order valence-electron chi connectivity index (χ2n) is 11.8. The van der Waals surface area contributed by atoms with E-state index in [9.17, 15) is 19.2 Å². The normalized spacial score (nSPS) is 12.3. The molecule has 218 valence electrons. The summed E-state index contributed by atoms with van der Waals surface area (Å²) in [4.78, 5) is 51.9. The molecule has 1 N–H and O–H groups in total. The van der Waals surface area contributed by atoms with E-state index in [2.05, 4.69) is 10.4 Å². The zero-order valence-electron chi connectivity index (χ0n) is 24.6. The predicted octanol–water partition coefficient (Wildman–Crippen LogP) is 4.45. The van der Waals surface area contributed by atoms with E-state index in [1.807, 2.05) is 60.7 Å². The first kappa shape index (κ1) is 31.3. The van der Waals surface area contributed by atoms with Crippen molar-refractivity contribution in [2.45, 2.75) is 84.6 Å². The van der Waals surface area contributed by atoms with E-state index in [0.29, 0.717) is 17.7 Å². The highest BCUT2D eigenvalue weighted by Crippen LogP contribution is 2.18. The Bertz CT molecular complexity index is 1400. The van der Waals surface area contributed by atoms with Gasteiger partial charge in [-0.3, -0.25) is 14.4 Å². The Morgan fingerprint density at radius 3 is 2.05 bits per heavy atom. The SMILES string of the molecule is CC(C)(C)OC(=O)CC[C@H](NC(=O)Cn1nc(-c2ccccc2)cc(Cc2ccccc2)c1=O)C(=O)OC(C)(C)C. The molecule has 0 spiro atoms. The zero-order valence-corrected chi connectivity index (χ0v) is 24.6. The minimum atomic E-state index is -1.12. The number of carbonyl (C=O) groups excluding carboxylic acids is 3. The van der Waals surface area contributed by atoms with Crippen molar-refractivity contribution in [3.05, 3.63) is 88.2 Å². The summed E-state index contributed by atoms with van der Waals surface area (Å²) < 4.78 is 11.9. The largest absolute Gasteiger partial charge is 0.460 e. The highest BCUT2D eigenvalue weighted by molar-refractivity contribution is 5.85. The Hall–Kier alpha value is -4.27. The molecule has 9 heteroatoms.